The van der Waals surface area contributed by atoms with Gasteiger partial charge in [0.25, 0.3) is 6.26 Å². The van der Waals surface area contributed by atoms with Gasteiger partial charge in [-0.15, -0.1) is 16.6 Å². The number of hydrogen-bond acceptors (Lipinski definition) is 3. The van der Waals surface area contributed by atoms with E-state index in [-0.39, 0.29) is 0 Å². The monoisotopic (exact) mass is 139 g/mol. The number of ether oxygens (including phenoxy) is 1. The molecule has 9 heavy (non-hydrogen) atoms. The van der Waals surface area contributed by atoms with E-state index < -0.39 is 0 Å². The van der Waals surface area contributed by atoms with Crippen molar-refractivity contribution in [1.29, 1.82) is 5.26 Å². The molecule has 0 N–H and O–H groups in total. The van der Waals surface area contributed by atoms with Gasteiger partial charge in [0.05, 0.1) is 0 Å². The molecule has 0 saturated carbocycles. The van der Waals surface area contributed by atoms with Crippen LogP contribution in [0.3, 0.4) is 0 Å². The SMILES string of the molecule is Cc1ccc(OC#N)s1. The lowest BCUT2D eigenvalue weighted by Crippen LogP contribution is -1.72. The maximum atomic E-state index is 8.06. The Labute approximate surface area is 57.3 Å². The van der Waals surface area contributed by atoms with Gasteiger partial charge in [-0.2, -0.15) is 0 Å². The summed E-state index contributed by atoms with van der Waals surface area (Å²) in [7, 11) is 0. The van der Waals surface area contributed by atoms with Gasteiger partial charge in [-0.05, 0) is 19.1 Å². The van der Waals surface area contributed by atoms with Crippen LogP contribution in [-0.4, -0.2) is 0 Å². The lowest BCUT2D eigenvalue weighted by Gasteiger charge is -1.82. The third-order valence-corrected chi connectivity index (χ3v) is 1.74. The fraction of sp³-hybridized carbons (Fsp3) is 0.167. The zero-order valence-corrected chi connectivity index (χ0v) is 5.73. The van der Waals surface area contributed by atoms with Crippen LogP contribution in [0.2, 0.25) is 0 Å². The molecule has 0 fully saturated rings. The molecule has 0 saturated heterocycles. The van der Waals surface area contributed by atoms with Gasteiger partial charge in [0.15, 0.2) is 5.06 Å². The van der Waals surface area contributed by atoms with Crippen LogP contribution in [0, 0.1) is 18.4 Å². The molecule has 1 aromatic rings. The van der Waals surface area contributed by atoms with Crippen LogP contribution in [-0.2, 0) is 0 Å². The lowest BCUT2D eigenvalue weighted by atomic mass is 10.5. The lowest BCUT2D eigenvalue weighted by molar-refractivity contribution is 0.522. The van der Waals surface area contributed by atoms with Gasteiger partial charge in [0, 0.05) is 4.88 Å². The summed E-state index contributed by atoms with van der Waals surface area (Å²) in [5, 5.41) is 8.73. The molecule has 1 aromatic heterocycles. The molecule has 1 heterocycles. The first-order valence-electron chi connectivity index (χ1n) is 2.45. The summed E-state index contributed by atoms with van der Waals surface area (Å²) in [6.45, 7) is 1.97. The molecule has 0 bridgehead atoms. The van der Waals surface area contributed by atoms with Crippen LogP contribution in [0.4, 0.5) is 0 Å². The topological polar surface area (TPSA) is 33.0 Å². The van der Waals surface area contributed by atoms with E-state index in [0.29, 0.717) is 5.06 Å². The predicted molar refractivity (Wildman–Crippen MR) is 35.3 cm³/mol. The summed E-state index contributed by atoms with van der Waals surface area (Å²) in [4.78, 5) is 1.15. The second-order valence-electron chi connectivity index (χ2n) is 1.56. The third-order valence-electron chi connectivity index (χ3n) is 0.862. The van der Waals surface area contributed by atoms with Crippen LogP contribution < -0.4 is 4.74 Å². The highest BCUT2D eigenvalue weighted by Crippen LogP contribution is 2.22. The van der Waals surface area contributed by atoms with Gasteiger partial charge in [-0.3, -0.25) is 0 Å². The van der Waals surface area contributed by atoms with Gasteiger partial charge < -0.3 is 4.74 Å². The molecule has 0 aromatic carbocycles. The maximum absolute atomic E-state index is 8.06. The first kappa shape index (κ1) is 6.12. The molecule has 0 spiro atoms. The van der Waals surface area contributed by atoms with Crippen molar-refractivity contribution in [3.8, 4) is 11.3 Å². The van der Waals surface area contributed by atoms with Crippen molar-refractivity contribution in [3.63, 3.8) is 0 Å². The number of hydrogen-bond donors (Lipinski definition) is 0. The zero-order chi connectivity index (χ0) is 6.69. The Morgan fingerprint density at radius 2 is 2.44 bits per heavy atom. The average Bonchev–Trinajstić information content (AvgIpc) is 2.17. The Bertz CT molecular complexity index is 235. The van der Waals surface area contributed by atoms with E-state index in [1.54, 1.807) is 12.3 Å². The second kappa shape index (κ2) is 2.51. The molecule has 0 aliphatic carbocycles. The van der Waals surface area contributed by atoms with Crippen LogP contribution in [0.25, 0.3) is 0 Å². The zero-order valence-electron chi connectivity index (χ0n) is 4.92. The minimum Gasteiger partial charge on any atom is -0.377 e. The number of rotatable bonds is 1. The highest BCUT2D eigenvalue weighted by Gasteiger charge is 1.93. The van der Waals surface area contributed by atoms with Crippen molar-refractivity contribution in [2.24, 2.45) is 0 Å². The smallest absolute Gasteiger partial charge is 0.293 e. The molecule has 0 unspecified atom stereocenters. The summed E-state index contributed by atoms with van der Waals surface area (Å²) in [6.07, 6.45) is 1.61. The molecular formula is C6H5NOS. The minimum absolute atomic E-state index is 0.662. The summed E-state index contributed by atoms with van der Waals surface area (Å²) in [6, 6.07) is 3.70. The molecule has 2 nitrogen and oxygen atoms in total. The number of aryl methyl sites for hydroxylation is 1. The van der Waals surface area contributed by atoms with E-state index in [2.05, 4.69) is 4.74 Å². The molecular weight excluding hydrogens is 134 g/mol. The second-order valence-corrected chi connectivity index (χ2v) is 2.81. The largest absolute Gasteiger partial charge is 0.377 e. The number of nitrogens with zero attached hydrogens (tertiary/aromatic N) is 1. The van der Waals surface area contributed by atoms with Gasteiger partial charge in [-0.1, -0.05) is 0 Å². The van der Waals surface area contributed by atoms with Crippen molar-refractivity contribution >= 4 is 11.3 Å². The highest BCUT2D eigenvalue weighted by atomic mass is 32.1. The Kier molecular flexibility index (Phi) is 1.71. The Morgan fingerprint density at radius 3 is 2.89 bits per heavy atom. The van der Waals surface area contributed by atoms with Crippen LogP contribution in [0.5, 0.6) is 5.06 Å². The van der Waals surface area contributed by atoms with Crippen molar-refractivity contribution in [2.75, 3.05) is 0 Å². The van der Waals surface area contributed by atoms with Gasteiger partial charge >= 0.3 is 0 Å². The van der Waals surface area contributed by atoms with E-state index in [4.69, 9.17) is 5.26 Å². The molecule has 3 heteroatoms. The van der Waals surface area contributed by atoms with E-state index in [0.717, 1.165) is 4.88 Å². The molecule has 0 atom stereocenters. The first-order chi connectivity index (χ1) is 4.33. The van der Waals surface area contributed by atoms with E-state index in [9.17, 15) is 0 Å². The molecule has 0 radical (unpaired) electrons. The number of thiophene rings is 1. The van der Waals surface area contributed by atoms with Crippen molar-refractivity contribution < 1.29 is 4.74 Å². The van der Waals surface area contributed by atoms with Gasteiger partial charge in [0.1, 0.15) is 0 Å². The summed E-state index contributed by atoms with van der Waals surface area (Å²) in [5.74, 6) is 0. The molecule has 0 amide bonds. The molecule has 1 rings (SSSR count). The van der Waals surface area contributed by atoms with Gasteiger partial charge in [-0.25, -0.2) is 0 Å². The Morgan fingerprint density at radius 1 is 1.67 bits per heavy atom. The third kappa shape index (κ3) is 1.44. The first-order valence-corrected chi connectivity index (χ1v) is 3.27. The molecule has 0 aliphatic rings. The summed E-state index contributed by atoms with van der Waals surface area (Å²) in [5.41, 5.74) is 0. The van der Waals surface area contributed by atoms with Crippen molar-refractivity contribution in [3.05, 3.63) is 17.0 Å². The highest BCUT2D eigenvalue weighted by molar-refractivity contribution is 7.13. The Hall–Kier alpha value is -1.01. The molecule has 46 valence electrons. The van der Waals surface area contributed by atoms with E-state index >= 15 is 0 Å². The summed E-state index contributed by atoms with van der Waals surface area (Å²) >= 11 is 1.47. The van der Waals surface area contributed by atoms with Gasteiger partial charge in [0.2, 0.25) is 0 Å². The van der Waals surface area contributed by atoms with Crippen molar-refractivity contribution in [2.45, 2.75) is 6.92 Å². The predicted octanol–water partition coefficient (Wildman–Crippen LogP) is 1.92. The minimum atomic E-state index is 0.662. The van der Waals surface area contributed by atoms with Crippen LogP contribution in [0.15, 0.2) is 12.1 Å². The maximum Gasteiger partial charge on any atom is 0.293 e. The molecule has 0 aliphatic heterocycles. The van der Waals surface area contributed by atoms with Crippen LogP contribution >= 0.6 is 11.3 Å². The fourth-order valence-corrected chi connectivity index (χ4v) is 1.18. The normalized spacial score (nSPS) is 8.44. The van der Waals surface area contributed by atoms with Crippen LogP contribution in [0.1, 0.15) is 4.88 Å². The number of nitriles is 1. The summed E-state index contributed by atoms with van der Waals surface area (Å²) < 4.78 is 4.55. The van der Waals surface area contributed by atoms with E-state index in [1.165, 1.54) is 11.3 Å². The quantitative estimate of drug-likeness (QED) is 0.557. The van der Waals surface area contributed by atoms with E-state index in [1.807, 2.05) is 13.0 Å². The Balaban J connectivity index is 2.76. The van der Waals surface area contributed by atoms with Crippen molar-refractivity contribution in [1.82, 2.24) is 0 Å². The standard InChI is InChI=1S/C6H5NOS/c1-5-2-3-6(9-5)8-4-7/h2-3H,1H3. The average molecular weight is 139 g/mol. The fourth-order valence-electron chi connectivity index (χ4n) is 0.512.